The Bertz CT molecular complexity index is 395. The Morgan fingerprint density at radius 2 is 1.12 bits per heavy atom. The van der Waals surface area contributed by atoms with Crippen molar-refractivity contribution in [2.75, 3.05) is 0 Å². The SMILES string of the molecule is O=C(O)/C=C(/Cl)C(=O)OC(=O)/C(Cl)=C\C(=O)O. The summed E-state index contributed by atoms with van der Waals surface area (Å²) >= 11 is 10.3. The molecule has 2 N–H and O–H groups in total. The van der Waals surface area contributed by atoms with Crippen LogP contribution in [0, 0.1) is 0 Å². The zero-order valence-electron chi connectivity index (χ0n) is 7.85. The highest BCUT2D eigenvalue weighted by atomic mass is 35.5. The minimum absolute atomic E-state index is 0.298. The van der Waals surface area contributed by atoms with E-state index in [1.54, 1.807) is 0 Å². The van der Waals surface area contributed by atoms with Crippen molar-refractivity contribution in [3.05, 3.63) is 22.2 Å². The lowest BCUT2D eigenvalue weighted by molar-refractivity contribution is -0.153. The van der Waals surface area contributed by atoms with Crippen molar-refractivity contribution in [1.29, 1.82) is 0 Å². The van der Waals surface area contributed by atoms with Crippen LogP contribution in [0.5, 0.6) is 0 Å². The molecule has 0 aromatic carbocycles. The number of carboxylic acids is 2. The monoisotopic (exact) mass is 282 g/mol. The maximum Gasteiger partial charge on any atom is 0.357 e. The van der Waals surface area contributed by atoms with Crippen LogP contribution in [0.15, 0.2) is 22.2 Å². The molecule has 17 heavy (non-hydrogen) atoms. The van der Waals surface area contributed by atoms with E-state index in [2.05, 4.69) is 4.74 Å². The molecule has 0 saturated heterocycles. The lowest BCUT2D eigenvalue weighted by atomic mass is 10.4. The van der Waals surface area contributed by atoms with Crippen molar-refractivity contribution in [3.63, 3.8) is 0 Å². The summed E-state index contributed by atoms with van der Waals surface area (Å²) in [6, 6.07) is 0. The molecule has 0 saturated carbocycles. The molecule has 0 rings (SSSR count). The normalized spacial score (nSPS) is 11.9. The van der Waals surface area contributed by atoms with Crippen molar-refractivity contribution in [2.24, 2.45) is 0 Å². The highest BCUT2D eigenvalue weighted by molar-refractivity contribution is 6.45. The standard InChI is InChI=1S/C8H4Cl2O7/c9-3(1-5(11)12)7(15)17-8(16)4(10)2-6(13)14/h1-2H,(H,11,12)(H,13,14)/b3-1+,4-2+. The fourth-order valence-electron chi connectivity index (χ4n) is 0.516. The van der Waals surface area contributed by atoms with Crippen molar-refractivity contribution in [2.45, 2.75) is 0 Å². The van der Waals surface area contributed by atoms with Gasteiger partial charge in [0.15, 0.2) is 0 Å². The predicted octanol–water partition coefficient (Wildman–Crippen LogP) is 0.471. The summed E-state index contributed by atoms with van der Waals surface area (Å²) in [7, 11) is 0. The number of carboxylic acid groups (broad SMARTS) is 2. The number of aliphatic carboxylic acids is 2. The zero-order chi connectivity index (χ0) is 13.6. The van der Waals surface area contributed by atoms with Crippen molar-refractivity contribution < 1.29 is 34.1 Å². The van der Waals surface area contributed by atoms with Gasteiger partial charge >= 0.3 is 23.9 Å². The molecule has 0 bridgehead atoms. The average Bonchev–Trinajstić information content (AvgIpc) is 2.15. The summed E-state index contributed by atoms with van der Waals surface area (Å²) in [4.78, 5) is 42.1. The highest BCUT2D eigenvalue weighted by Crippen LogP contribution is 2.09. The molecule has 0 atom stereocenters. The lowest BCUT2D eigenvalue weighted by Gasteiger charge is -1.99. The summed E-state index contributed by atoms with van der Waals surface area (Å²) in [6.45, 7) is 0. The largest absolute Gasteiger partial charge is 0.478 e. The van der Waals surface area contributed by atoms with E-state index in [1.807, 2.05) is 0 Å². The summed E-state index contributed by atoms with van der Waals surface area (Å²) < 4.78 is 3.97. The molecule has 0 heterocycles. The first-order valence-electron chi connectivity index (χ1n) is 3.70. The summed E-state index contributed by atoms with van der Waals surface area (Å²) in [5.74, 6) is -5.97. The van der Waals surface area contributed by atoms with Crippen LogP contribution >= 0.6 is 23.2 Å². The molecule has 0 amide bonds. The van der Waals surface area contributed by atoms with E-state index in [0.29, 0.717) is 12.2 Å². The van der Waals surface area contributed by atoms with Gasteiger partial charge in [0.05, 0.1) is 0 Å². The molecule has 0 aromatic rings. The molecule has 0 aromatic heterocycles. The van der Waals surface area contributed by atoms with Crippen molar-refractivity contribution in [1.82, 2.24) is 0 Å². The second-order valence-electron chi connectivity index (χ2n) is 2.34. The molecule has 7 nitrogen and oxygen atoms in total. The molecule has 0 aliphatic rings. The maximum absolute atomic E-state index is 10.9. The second kappa shape index (κ2) is 6.66. The van der Waals surface area contributed by atoms with Crippen LogP contribution in [0.4, 0.5) is 0 Å². The Morgan fingerprint density at radius 1 is 0.824 bits per heavy atom. The molecule has 0 spiro atoms. The van der Waals surface area contributed by atoms with Gasteiger partial charge in [0, 0.05) is 12.2 Å². The van der Waals surface area contributed by atoms with Gasteiger partial charge < -0.3 is 14.9 Å². The number of esters is 2. The van der Waals surface area contributed by atoms with Crippen LogP contribution in [0.25, 0.3) is 0 Å². The van der Waals surface area contributed by atoms with Crippen LogP contribution < -0.4 is 0 Å². The van der Waals surface area contributed by atoms with Crippen LogP contribution in [0.3, 0.4) is 0 Å². The van der Waals surface area contributed by atoms with E-state index in [4.69, 9.17) is 33.4 Å². The van der Waals surface area contributed by atoms with E-state index >= 15 is 0 Å². The van der Waals surface area contributed by atoms with Crippen molar-refractivity contribution in [3.8, 4) is 0 Å². The molecule has 0 fully saturated rings. The number of hydrogen-bond acceptors (Lipinski definition) is 5. The predicted molar refractivity (Wildman–Crippen MR) is 54.2 cm³/mol. The molecule has 9 heteroatoms. The number of halogens is 2. The third-order valence-corrected chi connectivity index (χ3v) is 1.60. The fourth-order valence-corrected chi connectivity index (χ4v) is 0.780. The van der Waals surface area contributed by atoms with Gasteiger partial charge in [0.1, 0.15) is 10.1 Å². The van der Waals surface area contributed by atoms with E-state index in [0.717, 1.165) is 0 Å². The molecular weight excluding hydrogens is 279 g/mol. The molecule has 0 aliphatic carbocycles. The van der Waals surface area contributed by atoms with E-state index < -0.39 is 33.9 Å². The van der Waals surface area contributed by atoms with Crippen LogP contribution in [-0.2, 0) is 23.9 Å². The second-order valence-corrected chi connectivity index (χ2v) is 3.15. The number of carbonyl (C=O) groups is 4. The minimum Gasteiger partial charge on any atom is -0.478 e. The maximum atomic E-state index is 10.9. The van der Waals surface area contributed by atoms with Crippen LogP contribution in [0.2, 0.25) is 0 Å². The Hall–Kier alpha value is -1.86. The first kappa shape index (κ1) is 15.1. The van der Waals surface area contributed by atoms with Crippen LogP contribution in [-0.4, -0.2) is 34.1 Å². The number of carbonyl (C=O) groups excluding carboxylic acids is 2. The van der Waals surface area contributed by atoms with Crippen LogP contribution in [0.1, 0.15) is 0 Å². The van der Waals surface area contributed by atoms with Gasteiger partial charge in [-0.2, -0.15) is 0 Å². The molecule has 0 unspecified atom stereocenters. The van der Waals surface area contributed by atoms with Gasteiger partial charge in [-0.3, -0.25) is 0 Å². The first-order valence-corrected chi connectivity index (χ1v) is 4.46. The molecule has 92 valence electrons. The molecular formula is C8H4Cl2O7. The Labute approximate surface area is 104 Å². The Balaban J connectivity index is 4.67. The van der Waals surface area contributed by atoms with Gasteiger partial charge in [0.25, 0.3) is 0 Å². The number of ether oxygens (including phenoxy) is 1. The zero-order valence-corrected chi connectivity index (χ0v) is 9.36. The van der Waals surface area contributed by atoms with Gasteiger partial charge in [-0.15, -0.1) is 0 Å². The summed E-state index contributed by atoms with van der Waals surface area (Å²) in [6.07, 6.45) is 0.595. The Kier molecular flexibility index (Phi) is 5.94. The average molecular weight is 283 g/mol. The van der Waals surface area contributed by atoms with Gasteiger partial charge in [-0.25, -0.2) is 19.2 Å². The van der Waals surface area contributed by atoms with E-state index in [-0.39, 0.29) is 0 Å². The third kappa shape index (κ3) is 6.33. The minimum atomic E-state index is -1.52. The van der Waals surface area contributed by atoms with Crippen molar-refractivity contribution >= 4 is 47.1 Å². The Morgan fingerprint density at radius 3 is 1.35 bits per heavy atom. The van der Waals surface area contributed by atoms with E-state index in [9.17, 15) is 19.2 Å². The summed E-state index contributed by atoms with van der Waals surface area (Å²) in [5, 5.41) is 14.7. The smallest absolute Gasteiger partial charge is 0.357 e. The highest BCUT2D eigenvalue weighted by Gasteiger charge is 2.18. The summed E-state index contributed by atoms with van der Waals surface area (Å²) in [5.41, 5.74) is 0. The van der Waals surface area contributed by atoms with Gasteiger partial charge in [-0.05, 0) is 0 Å². The van der Waals surface area contributed by atoms with Gasteiger partial charge in [0.2, 0.25) is 0 Å². The number of rotatable bonds is 4. The quantitative estimate of drug-likeness (QED) is 0.437. The topological polar surface area (TPSA) is 118 Å². The van der Waals surface area contributed by atoms with E-state index in [1.165, 1.54) is 0 Å². The molecule has 0 radical (unpaired) electrons. The lowest BCUT2D eigenvalue weighted by Crippen LogP contribution is -2.13. The molecule has 0 aliphatic heterocycles. The first-order chi connectivity index (χ1) is 7.73. The van der Waals surface area contributed by atoms with Gasteiger partial charge in [-0.1, -0.05) is 23.2 Å². The fraction of sp³-hybridized carbons (Fsp3) is 0. The number of hydrogen-bond donors (Lipinski definition) is 2. The third-order valence-electron chi connectivity index (χ3n) is 1.08.